The molecule has 2 amide bonds. The van der Waals surface area contributed by atoms with Crippen LogP contribution in [-0.4, -0.2) is 72.6 Å². The summed E-state index contributed by atoms with van der Waals surface area (Å²) < 4.78 is 45.4. The van der Waals surface area contributed by atoms with E-state index in [9.17, 15) is 18.0 Å². The number of methoxy groups -OCH3 is 3. The highest BCUT2D eigenvalue weighted by atomic mass is 35.5. The number of benzene rings is 3. The van der Waals surface area contributed by atoms with Gasteiger partial charge in [-0.25, -0.2) is 8.42 Å². The van der Waals surface area contributed by atoms with Gasteiger partial charge in [-0.05, 0) is 48.7 Å². The predicted octanol–water partition coefficient (Wildman–Crippen LogP) is 4.16. The molecule has 0 aliphatic rings. The van der Waals surface area contributed by atoms with E-state index in [4.69, 9.17) is 25.8 Å². The lowest BCUT2D eigenvalue weighted by Crippen LogP contribution is -2.52. The summed E-state index contributed by atoms with van der Waals surface area (Å²) in [6, 6.07) is 17.3. The first-order chi connectivity index (χ1) is 20.1. The summed E-state index contributed by atoms with van der Waals surface area (Å²) in [6.07, 6.45) is 0.784. The van der Waals surface area contributed by atoms with Crippen LogP contribution in [0.2, 0.25) is 5.02 Å². The van der Waals surface area contributed by atoms with Crippen molar-refractivity contribution in [3.05, 3.63) is 77.3 Å². The molecule has 0 aliphatic carbocycles. The van der Waals surface area contributed by atoms with Crippen LogP contribution >= 0.6 is 11.6 Å². The molecule has 1 unspecified atom stereocenters. The maximum absolute atomic E-state index is 14.2. The predicted molar refractivity (Wildman–Crippen MR) is 162 cm³/mol. The molecule has 0 radical (unpaired) electrons. The number of anilines is 1. The van der Waals surface area contributed by atoms with E-state index < -0.39 is 28.5 Å². The molecular weight excluding hydrogens is 582 g/mol. The summed E-state index contributed by atoms with van der Waals surface area (Å²) in [5, 5.41) is 2.85. The quantitative estimate of drug-likeness (QED) is 0.289. The van der Waals surface area contributed by atoms with Gasteiger partial charge in [0, 0.05) is 24.7 Å². The molecule has 0 heterocycles. The molecule has 3 aromatic carbocycles. The van der Waals surface area contributed by atoms with Crippen LogP contribution in [0.1, 0.15) is 18.9 Å². The highest BCUT2D eigenvalue weighted by Crippen LogP contribution is 2.37. The molecule has 226 valence electrons. The Bertz CT molecular complexity index is 1490. The molecule has 42 heavy (non-hydrogen) atoms. The Morgan fingerprint density at radius 3 is 2.14 bits per heavy atom. The standard InChI is InChI=1S/C30H36ClN3O7S/c1-6-24(30(36)32-2)33(17-16-21-10-8-7-9-11-21)29(35)20-34(25-18-22(31)12-14-26(25)39-3)42(37,38)23-13-15-27(40-4)28(19-23)41-5/h7-15,18-19,24H,6,16-17,20H2,1-5H3,(H,32,36). The summed E-state index contributed by atoms with van der Waals surface area (Å²) in [5.41, 5.74) is 1.03. The second kappa shape index (κ2) is 14.8. The van der Waals surface area contributed by atoms with Crippen molar-refractivity contribution in [2.45, 2.75) is 30.7 Å². The Morgan fingerprint density at radius 2 is 1.55 bits per heavy atom. The van der Waals surface area contributed by atoms with Gasteiger partial charge in [0.2, 0.25) is 11.8 Å². The second-order valence-corrected chi connectivity index (χ2v) is 11.5. The zero-order valence-electron chi connectivity index (χ0n) is 24.3. The van der Waals surface area contributed by atoms with Crippen molar-refractivity contribution in [1.29, 1.82) is 0 Å². The van der Waals surface area contributed by atoms with Gasteiger partial charge < -0.3 is 24.4 Å². The molecule has 0 bridgehead atoms. The van der Waals surface area contributed by atoms with Crippen molar-refractivity contribution in [2.75, 3.05) is 45.8 Å². The molecule has 3 aromatic rings. The van der Waals surface area contributed by atoms with Crippen molar-refractivity contribution < 1.29 is 32.2 Å². The zero-order valence-corrected chi connectivity index (χ0v) is 25.9. The van der Waals surface area contributed by atoms with Crippen LogP contribution in [0.3, 0.4) is 0 Å². The number of nitrogens with zero attached hydrogens (tertiary/aromatic N) is 2. The molecule has 0 saturated heterocycles. The third kappa shape index (κ3) is 7.46. The number of halogens is 1. The molecule has 0 spiro atoms. The van der Waals surface area contributed by atoms with E-state index in [0.717, 1.165) is 9.87 Å². The number of nitrogens with one attached hydrogen (secondary N) is 1. The summed E-state index contributed by atoms with van der Waals surface area (Å²) in [7, 11) is 1.31. The average molecular weight is 618 g/mol. The Hall–Kier alpha value is -3.96. The fraction of sp³-hybridized carbons (Fsp3) is 0.333. The summed E-state index contributed by atoms with van der Waals surface area (Å²) >= 11 is 6.29. The number of carbonyl (C=O) groups excluding carboxylic acids is 2. The Balaban J connectivity index is 2.12. The van der Waals surface area contributed by atoms with E-state index in [0.29, 0.717) is 18.6 Å². The van der Waals surface area contributed by atoms with Crippen LogP contribution in [-0.2, 0) is 26.0 Å². The number of carbonyl (C=O) groups is 2. The van der Waals surface area contributed by atoms with E-state index in [1.807, 2.05) is 30.3 Å². The molecule has 0 aliphatic heterocycles. The minimum Gasteiger partial charge on any atom is -0.495 e. The molecule has 0 aromatic heterocycles. The molecule has 10 nitrogen and oxygen atoms in total. The summed E-state index contributed by atoms with van der Waals surface area (Å²) in [4.78, 5) is 28.2. The highest BCUT2D eigenvalue weighted by Gasteiger charge is 2.35. The van der Waals surface area contributed by atoms with Gasteiger partial charge in [0.15, 0.2) is 11.5 Å². The summed E-state index contributed by atoms with van der Waals surface area (Å²) in [6.45, 7) is 1.35. The number of likely N-dealkylation sites (N-methyl/N-ethyl adjacent to an activating group) is 1. The minimum absolute atomic E-state index is 0.0594. The van der Waals surface area contributed by atoms with E-state index in [1.54, 1.807) is 13.0 Å². The van der Waals surface area contributed by atoms with Gasteiger partial charge >= 0.3 is 0 Å². The maximum Gasteiger partial charge on any atom is 0.265 e. The molecule has 12 heteroatoms. The van der Waals surface area contributed by atoms with Gasteiger partial charge in [0.05, 0.1) is 31.9 Å². The van der Waals surface area contributed by atoms with Gasteiger partial charge in [-0.2, -0.15) is 0 Å². The first-order valence-electron chi connectivity index (χ1n) is 13.2. The third-order valence-electron chi connectivity index (χ3n) is 6.75. The lowest BCUT2D eigenvalue weighted by atomic mass is 10.1. The molecular formula is C30H36ClN3O7S. The van der Waals surface area contributed by atoms with Crippen LogP contribution < -0.4 is 23.8 Å². The fourth-order valence-corrected chi connectivity index (χ4v) is 6.14. The number of amides is 2. The fourth-order valence-electron chi connectivity index (χ4n) is 4.54. The Labute approximate surface area is 252 Å². The first kappa shape index (κ1) is 32.6. The number of rotatable bonds is 14. The van der Waals surface area contributed by atoms with Crippen LogP contribution in [0.25, 0.3) is 0 Å². The van der Waals surface area contributed by atoms with E-state index in [1.165, 1.54) is 63.6 Å². The smallest absolute Gasteiger partial charge is 0.265 e. The largest absolute Gasteiger partial charge is 0.495 e. The number of hydrogen-bond donors (Lipinski definition) is 1. The number of sulfonamides is 1. The molecule has 3 rings (SSSR count). The van der Waals surface area contributed by atoms with Crippen molar-refractivity contribution in [1.82, 2.24) is 10.2 Å². The monoisotopic (exact) mass is 617 g/mol. The van der Waals surface area contributed by atoms with Gasteiger partial charge in [-0.15, -0.1) is 0 Å². The van der Waals surface area contributed by atoms with Gasteiger partial charge in [-0.1, -0.05) is 48.9 Å². The van der Waals surface area contributed by atoms with Crippen LogP contribution in [0.5, 0.6) is 17.2 Å². The first-order valence-corrected chi connectivity index (χ1v) is 15.1. The zero-order chi connectivity index (χ0) is 30.9. The van der Waals surface area contributed by atoms with Gasteiger partial charge in [0.25, 0.3) is 10.0 Å². The maximum atomic E-state index is 14.2. The lowest BCUT2D eigenvalue weighted by Gasteiger charge is -2.33. The van der Waals surface area contributed by atoms with Crippen molar-refractivity contribution in [3.8, 4) is 17.2 Å². The average Bonchev–Trinajstić information content (AvgIpc) is 3.01. The molecule has 0 saturated carbocycles. The van der Waals surface area contributed by atoms with E-state index in [2.05, 4.69) is 5.32 Å². The third-order valence-corrected chi connectivity index (χ3v) is 8.74. The van der Waals surface area contributed by atoms with Gasteiger partial charge in [0.1, 0.15) is 18.3 Å². The highest BCUT2D eigenvalue weighted by molar-refractivity contribution is 7.92. The lowest BCUT2D eigenvalue weighted by molar-refractivity contribution is -0.139. The van der Waals surface area contributed by atoms with Crippen LogP contribution in [0.4, 0.5) is 5.69 Å². The normalized spacial score (nSPS) is 11.8. The van der Waals surface area contributed by atoms with Crippen molar-refractivity contribution >= 4 is 39.1 Å². The summed E-state index contributed by atoms with van der Waals surface area (Å²) in [5.74, 6) is -0.215. The number of ether oxygens (including phenoxy) is 3. The topological polar surface area (TPSA) is 114 Å². The SMILES string of the molecule is CCC(C(=O)NC)N(CCc1ccccc1)C(=O)CN(c1cc(Cl)ccc1OC)S(=O)(=O)c1ccc(OC)c(OC)c1. The minimum atomic E-state index is -4.40. The van der Waals surface area contributed by atoms with E-state index >= 15 is 0 Å². The van der Waals surface area contributed by atoms with Crippen LogP contribution in [0.15, 0.2) is 71.6 Å². The molecule has 1 N–H and O–H groups in total. The van der Waals surface area contributed by atoms with Crippen LogP contribution in [0, 0.1) is 0 Å². The number of hydrogen-bond acceptors (Lipinski definition) is 7. The molecule has 0 fully saturated rings. The van der Waals surface area contributed by atoms with Crippen molar-refractivity contribution in [3.63, 3.8) is 0 Å². The Kier molecular flexibility index (Phi) is 11.5. The Morgan fingerprint density at radius 1 is 0.905 bits per heavy atom. The molecule has 1 atom stereocenters. The second-order valence-electron chi connectivity index (χ2n) is 9.21. The van der Waals surface area contributed by atoms with E-state index in [-0.39, 0.29) is 39.6 Å². The van der Waals surface area contributed by atoms with Crippen molar-refractivity contribution in [2.24, 2.45) is 0 Å². The van der Waals surface area contributed by atoms with Gasteiger partial charge in [-0.3, -0.25) is 13.9 Å².